The number of likely N-dealkylation sites (N-methyl/N-ethyl adjacent to an activating group) is 1. The van der Waals surface area contributed by atoms with Crippen molar-refractivity contribution in [3.05, 3.63) is 74.6 Å². The molecule has 0 fully saturated rings. The Kier molecular flexibility index (Phi) is 14.2. The molecule has 2 aromatic rings. The molecule has 0 aromatic heterocycles. The van der Waals surface area contributed by atoms with Gasteiger partial charge < -0.3 is 48.5 Å². The smallest absolute Gasteiger partial charge is 0.312 e. The second kappa shape index (κ2) is 18.9. The van der Waals surface area contributed by atoms with Gasteiger partial charge >= 0.3 is 11.8 Å². The van der Waals surface area contributed by atoms with Crippen molar-refractivity contribution in [3.8, 4) is 28.7 Å². The van der Waals surface area contributed by atoms with E-state index in [1.54, 1.807) is 43.4 Å². The second-order valence-electron chi connectivity index (χ2n) is 17.5. The minimum Gasteiger partial charge on any atom is -0.507 e. The summed E-state index contributed by atoms with van der Waals surface area (Å²) >= 11 is 6.81. The molecule has 1 aliphatic carbocycles. The zero-order valence-corrected chi connectivity index (χ0v) is 39.1. The van der Waals surface area contributed by atoms with E-state index in [4.69, 9.17) is 44.7 Å². The second-order valence-corrected chi connectivity index (χ2v) is 17.9. The number of anilines is 1. The highest BCUT2D eigenvalue weighted by atomic mass is 35.5. The van der Waals surface area contributed by atoms with Crippen molar-refractivity contribution in [3.63, 3.8) is 0 Å². The third-order valence-electron chi connectivity index (χ3n) is 12.8. The number of nitrogens with one attached hydrogen (secondary N) is 1. The number of halogens is 1. The van der Waals surface area contributed by atoms with Crippen molar-refractivity contribution in [1.29, 1.82) is 0 Å². The van der Waals surface area contributed by atoms with E-state index in [0.717, 1.165) is 0 Å². The number of ketones is 1. The summed E-state index contributed by atoms with van der Waals surface area (Å²) in [5.41, 5.74) is -0.903. The lowest BCUT2D eigenvalue weighted by atomic mass is 9.73. The minimum atomic E-state index is -2.03. The molecule has 3 N–H and O–H groups in total. The number of fused-ring (bicyclic) bond motifs is 2. The maximum absolute atomic E-state index is 14.8. The van der Waals surface area contributed by atoms with E-state index in [1.807, 2.05) is 53.6 Å². The summed E-state index contributed by atoms with van der Waals surface area (Å²) < 4.78 is 36.5. The molecule has 2 aromatic carbocycles. The van der Waals surface area contributed by atoms with Gasteiger partial charge in [-0.3, -0.25) is 19.2 Å². The van der Waals surface area contributed by atoms with Gasteiger partial charge in [0, 0.05) is 68.0 Å². The van der Waals surface area contributed by atoms with Gasteiger partial charge in [-0.1, -0.05) is 64.4 Å². The number of esters is 1. The zero-order chi connectivity index (χ0) is 47.1. The fourth-order valence-electron chi connectivity index (χ4n) is 8.49. The first-order valence-electron chi connectivity index (χ1n) is 21.3. The van der Waals surface area contributed by atoms with Gasteiger partial charge in [0.05, 0.1) is 34.4 Å². The molecule has 16 heteroatoms. The van der Waals surface area contributed by atoms with E-state index in [1.165, 1.54) is 34.1 Å². The maximum atomic E-state index is 14.8. The molecule has 15 nitrogen and oxygen atoms in total. The summed E-state index contributed by atoms with van der Waals surface area (Å²) in [7, 11) is 5.31. The van der Waals surface area contributed by atoms with Gasteiger partial charge in [-0.2, -0.15) is 0 Å². The van der Waals surface area contributed by atoms with Crippen molar-refractivity contribution >= 4 is 56.8 Å². The number of aliphatic hydroxyl groups is 1. The summed E-state index contributed by atoms with van der Waals surface area (Å²) in [6.07, 6.45) is 5.64. The lowest BCUT2D eigenvalue weighted by molar-refractivity contribution is -0.157. The van der Waals surface area contributed by atoms with Crippen molar-refractivity contribution in [2.75, 3.05) is 39.7 Å². The lowest BCUT2D eigenvalue weighted by Gasteiger charge is -2.39. The lowest BCUT2D eigenvalue weighted by Crippen LogP contribution is -2.43. The van der Waals surface area contributed by atoms with E-state index in [2.05, 4.69) is 5.32 Å². The average Bonchev–Trinajstić information content (AvgIpc) is 3.51. The molecular weight excluding hydrogens is 846 g/mol. The number of amides is 1. The number of benzene rings is 3. The van der Waals surface area contributed by atoms with Crippen LogP contribution in [0.1, 0.15) is 71.3 Å². The van der Waals surface area contributed by atoms with Crippen LogP contribution >= 0.6 is 11.6 Å². The molecule has 0 saturated carbocycles. The summed E-state index contributed by atoms with van der Waals surface area (Å²) in [6, 6.07) is 3.12. The van der Waals surface area contributed by atoms with Crippen molar-refractivity contribution in [1.82, 2.24) is 9.88 Å². The quantitative estimate of drug-likeness (QED) is 0.0962. The number of nitrogens with zero attached hydrogens (tertiary/aromatic N) is 2. The molecule has 6 rings (SSSR count). The number of aromatic hydroxyl groups is 1. The molecule has 4 bridgehead atoms. The number of aliphatic hydroxyl groups excluding tert-OH is 1. The number of allylic oxidation sites excluding steroid dienone is 2. The van der Waals surface area contributed by atoms with Crippen LogP contribution in [-0.4, -0.2) is 96.2 Å². The van der Waals surface area contributed by atoms with E-state index < -0.39 is 58.9 Å². The molecule has 3 heterocycles. The number of phenols is 1. The van der Waals surface area contributed by atoms with Crippen LogP contribution < -0.4 is 20.2 Å². The predicted octanol–water partition coefficient (Wildman–Crippen LogP) is 7.82. The van der Waals surface area contributed by atoms with Crippen LogP contribution in [0.15, 0.2) is 57.5 Å². The number of rotatable bonds is 6. The molecule has 0 radical (unpaired) electrons. The third-order valence-corrected chi connectivity index (χ3v) is 13.0. The Hall–Kier alpha value is -5.48. The molecule has 9 atom stereocenters. The molecule has 0 unspecified atom stereocenters. The Labute approximate surface area is 377 Å². The van der Waals surface area contributed by atoms with Gasteiger partial charge in [-0.25, -0.2) is 4.98 Å². The molecule has 4 aliphatic rings. The Morgan fingerprint density at radius 3 is 2.38 bits per heavy atom. The van der Waals surface area contributed by atoms with Crippen LogP contribution in [0.4, 0.5) is 5.69 Å². The van der Waals surface area contributed by atoms with Crippen LogP contribution in [0, 0.1) is 36.5 Å². The Morgan fingerprint density at radius 1 is 1.02 bits per heavy atom. The number of ether oxygens (including phenoxy) is 5. The molecule has 64 heavy (non-hydrogen) atoms. The monoisotopic (exact) mass is 903 g/mol. The fourth-order valence-corrected chi connectivity index (χ4v) is 8.73. The molecule has 344 valence electrons. The first-order chi connectivity index (χ1) is 30.1. The predicted molar refractivity (Wildman–Crippen MR) is 243 cm³/mol. The largest absolute Gasteiger partial charge is 0.507 e. The Balaban J connectivity index is 1.59. The van der Waals surface area contributed by atoms with Crippen molar-refractivity contribution in [2.45, 2.75) is 86.4 Å². The fraction of sp³-hybridized carbons (Fsp3) is 0.479. The number of carbonyl (C=O) groups is 3. The first kappa shape index (κ1) is 48.0. The normalized spacial score (nSPS) is 28.8. The van der Waals surface area contributed by atoms with Gasteiger partial charge in [-0.05, 0) is 51.8 Å². The minimum absolute atomic E-state index is 0.0583. The Bertz CT molecular complexity index is 2600. The highest BCUT2D eigenvalue weighted by molar-refractivity contribution is 6.35. The van der Waals surface area contributed by atoms with E-state index in [9.17, 15) is 29.4 Å². The molecule has 0 saturated heterocycles. The molecular formula is C48H58ClN3O12. The molecule has 1 amide bonds. The summed E-state index contributed by atoms with van der Waals surface area (Å²) in [5.74, 6) is -5.81. The SMILES string of the molecule is CO[C@H]1/C=C/O[C@@]2(C)Oc3c(C)c(O)c4c(=O)c(c5oc6cc(OCCN(C)C)cc(Cl)c6nc-5c4c3C2=O)NC(=O)/C(C)=C\C=C\[C@H](C)[C@H](O)[C@@H](C)[C@@H](C)[C@@H](C)[C@H](OC(C)=O)[C@@H]1C. The van der Waals surface area contributed by atoms with Crippen molar-refractivity contribution < 1.29 is 52.7 Å². The standard InChI is InChI=1S/C48H58ClN3O12/c1-22-14-13-15-23(2)47(58)51-39-42(56)35-34(38-45(39)63-33-21-30(60-19-17-52(10)11)20-31(49)37(33)50-38)36-44(28(7)41(35)55)64-48(9,46(36)57)61-18-16-32(59-12)27(6)43(62-29(8)53)26(5)24(3)25(4)40(22)54/h13-16,18,20-22,24-27,32,40,43,54-55H,17,19H2,1-12H3,(H,51,58)/b14-13+,18-16+,23-15-/t22-,24+,25-,26+,27+,32-,40-,43-,48-/m0/s1. The van der Waals surface area contributed by atoms with Gasteiger partial charge in [0.15, 0.2) is 11.3 Å². The van der Waals surface area contributed by atoms with Crippen molar-refractivity contribution in [2.24, 2.45) is 29.6 Å². The number of Topliss-reactive ketones (excluding diaryl/α,β-unsaturated/α-hetero) is 1. The van der Waals surface area contributed by atoms with Gasteiger partial charge in [-0.15, -0.1) is 0 Å². The summed E-state index contributed by atoms with van der Waals surface area (Å²) in [6.45, 7) is 16.3. The van der Waals surface area contributed by atoms with Crippen LogP contribution in [-0.2, 0) is 23.8 Å². The number of aromatic nitrogens is 1. The molecule has 0 spiro atoms. The highest BCUT2D eigenvalue weighted by Crippen LogP contribution is 2.51. The number of phenolic OH excluding ortho intramolecular Hbond substituents is 1. The summed E-state index contributed by atoms with van der Waals surface area (Å²) in [4.78, 5) is 62.8. The van der Waals surface area contributed by atoms with E-state index >= 15 is 0 Å². The molecule has 3 aliphatic heterocycles. The maximum Gasteiger partial charge on any atom is 0.312 e. The zero-order valence-electron chi connectivity index (χ0n) is 38.3. The topological polar surface area (TPSA) is 196 Å². The Morgan fingerprint density at radius 2 is 1.72 bits per heavy atom. The average molecular weight is 904 g/mol. The van der Waals surface area contributed by atoms with Gasteiger partial charge in [0.1, 0.15) is 46.9 Å². The number of carbonyl (C=O) groups excluding carboxylic acids is 3. The van der Waals surface area contributed by atoms with Crippen LogP contribution in [0.5, 0.6) is 17.2 Å². The number of hydrogen-bond donors (Lipinski definition) is 3. The van der Waals surface area contributed by atoms with Gasteiger partial charge in [0.2, 0.25) is 5.43 Å². The van der Waals surface area contributed by atoms with E-state index in [0.29, 0.717) is 18.9 Å². The van der Waals surface area contributed by atoms with E-state index in [-0.39, 0.29) is 90.2 Å². The van der Waals surface area contributed by atoms with Gasteiger partial charge in [0.25, 0.3) is 11.7 Å². The third kappa shape index (κ3) is 9.08. The van der Waals surface area contributed by atoms with Crippen LogP contribution in [0.3, 0.4) is 0 Å². The van der Waals surface area contributed by atoms with Crippen LogP contribution in [0.2, 0.25) is 5.02 Å². The summed E-state index contributed by atoms with van der Waals surface area (Å²) in [5, 5.41) is 25.8. The number of hydrogen-bond acceptors (Lipinski definition) is 14. The number of methoxy groups -OCH3 is 1. The highest BCUT2D eigenvalue weighted by Gasteiger charge is 2.50. The van der Waals surface area contributed by atoms with Crippen LogP contribution in [0.25, 0.3) is 33.3 Å². The first-order valence-corrected chi connectivity index (χ1v) is 21.7.